The molecule has 7 nitrogen and oxygen atoms in total. The molecule has 11 heteroatoms. The lowest BCUT2D eigenvalue weighted by Gasteiger charge is -2.36. The summed E-state index contributed by atoms with van der Waals surface area (Å²) in [4.78, 5) is 30.3. The number of hydrogen-bond donors (Lipinski definition) is 0. The van der Waals surface area contributed by atoms with Crippen LogP contribution in [0.15, 0.2) is 36.4 Å². The minimum atomic E-state index is -0.621. The molecule has 33 heavy (non-hydrogen) atoms. The van der Waals surface area contributed by atoms with Gasteiger partial charge in [-0.25, -0.2) is 9.48 Å². The van der Waals surface area contributed by atoms with E-state index in [-0.39, 0.29) is 29.8 Å². The van der Waals surface area contributed by atoms with Crippen LogP contribution in [-0.2, 0) is 16.1 Å². The summed E-state index contributed by atoms with van der Waals surface area (Å²) in [6, 6.07) is 11.1. The molecule has 0 atom stereocenters. The van der Waals surface area contributed by atoms with Gasteiger partial charge in [-0.3, -0.25) is 4.79 Å². The van der Waals surface area contributed by atoms with Crippen LogP contribution in [0.2, 0.25) is 14.4 Å². The number of ether oxygens (including phenoxy) is 1. The minimum Gasteiger partial charge on any atom is -0.461 e. The van der Waals surface area contributed by atoms with E-state index in [4.69, 9.17) is 39.5 Å². The smallest absolute Gasteiger partial charge is 0.358 e. The molecule has 1 amide bonds. The highest BCUT2D eigenvalue weighted by Gasteiger charge is 2.28. The average Bonchev–Trinajstić information content (AvgIpc) is 3.37. The molecule has 1 fully saturated rings. The molecular formula is C22H21Cl3N4O3S. The quantitative estimate of drug-likeness (QED) is 0.417. The lowest BCUT2D eigenvalue weighted by molar-refractivity contribution is -0.132. The van der Waals surface area contributed by atoms with E-state index in [9.17, 15) is 9.59 Å². The fraction of sp³-hybridized carbons (Fsp3) is 0.318. The highest BCUT2D eigenvalue weighted by atomic mass is 35.5. The van der Waals surface area contributed by atoms with E-state index in [1.807, 2.05) is 24.3 Å². The third-order valence-corrected chi connectivity index (χ3v) is 7.13. The van der Waals surface area contributed by atoms with Crippen LogP contribution < -0.4 is 4.90 Å². The van der Waals surface area contributed by atoms with E-state index in [1.54, 1.807) is 24.0 Å². The summed E-state index contributed by atoms with van der Waals surface area (Å²) in [5.41, 5.74) is 1.53. The minimum absolute atomic E-state index is 0.0613. The van der Waals surface area contributed by atoms with Crippen LogP contribution >= 0.6 is 46.1 Å². The number of carbonyl (C=O) groups excluding carboxylic acids is 2. The molecule has 1 aliphatic rings. The number of aromatic nitrogens is 2. The second kappa shape index (κ2) is 10.3. The summed E-state index contributed by atoms with van der Waals surface area (Å²) >= 11 is 19.8. The molecule has 0 aliphatic carbocycles. The maximum absolute atomic E-state index is 13.1. The largest absolute Gasteiger partial charge is 0.461 e. The van der Waals surface area contributed by atoms with Crippen molar-refractivity contribution in [3.8, 4) is 10.6 Å². The second-order valence-electron chi connectivity index (χ2n) is 7.34. The van der Waals surface area contributed by atoms with E-state index in [1.165, 1.54) is 16.0 Å². The van der Waals surface area contributed by atoms with Gasteiger partial charge in [0.1, 0.15) is 17.3 Å². The van der Waals surface area contributed by atoms with Crippen LogP contribution in [0.4, 0.5) is 5.69 Å². The number of hydrogen-bond acceptors (Lipinski definition) is 6. The SMILES string of the molecule is CCOC(=O)c1c(Cl)c(-c2ccc(Cl)s2)nn1CC(=O)N1CCN(c2ccc(Cl)cc2)CC1. The topological polar surface area (TPSA) is 67.7 Å². The number of thiophene rings is 1. The highest BCUT2D eigenvalue weighted by Crippen LogP contribution is 2.36. The van der Waals surface area contributed by atoms with Crippen molar-refractivity contribution < 1.29 is 14.3 Å². The van der Waals surface area contributed by atoms with Gasteiger partial charge in [-0.05, 0) is 43.3 Å². The van der Waals surface area contributed by atoms with Crippen LogP contribution in [0.5, 0.6) is 0 Å². The summed E-state index contributed by atoms with van der Waals surface area (Å²) in [6.45, 7) is 4.26. The Balaban J connectivity index is 1.50. The summed E-state index contributed by atoms with van der Waals surface area (Å²) in [5, 5.41) is 5.30. The van der Waals surface area contributed by atoms with Crippen molar-refractivity contribution in [1.82, 2.24) is 14.7 Å². The van der Waals surface area contributed by atoms with Crippen molar-refractivity contribution in [2.75, 3.05) is 37.7 Å². The Morgan fingerprint density at radius 1 is 1.03 bits per heavy atom. The van der Waals surface area contributed by atoms with Gasteiger partial charge in [-0.2, -0.15) is 5.10 Å². The Labute approximate surface area is 210 Å². The van der Waals surface area contributed by atoms with Crippen LogP contribution in [0.3, 0.4) is 0 Å². The number of halogens is 3. The zero-order chi connectivity index (χ0) is 23.5. The molecular weight excluding hydrogens is 507 g/mol. The van der Waals surface area contributed by atoms with Crippen LogP contribution in [0, 0.1) is 0 Å². The summed E-state index contributed by atoms with van der Waals surface area (Å²) < 4.78 is 7.06. The lowest BCUT2D eigenvalue weighted by atomic mass is 10.2. The van der Waals surface area contributed by atoms with Crippen molar-refractivity contribution in [1.29, 1.82) is 0 Å². The van der Waals surface area contributed by atoms with E-state index < -0.39 is 5.97 Å². The van der Waals surface area contributed by atoms with Gasteiger partial charge in [0.2, 0.25) is 5.91 Å². The van der Waals surface area contributed by atoms with Crippen molar-refractivity contribution in [2.45, 2.75) is 13.5 Å². The van der Waals surface area contributed by atoms with Crippen LogP contribution in [0.1, 0.15) is 17.4 Å². The van der Waals surface area contributed by atoms with Gasteiger partial charge in [-0.15, -0.1) is 11.3 Å². The molecule has 0 saturated carbocycles. The predicted molar refractivity (Wildman–Crippen MR) is 132 cm³/mol. The van der Waals surface area contributed by atoms with Gasteiger partial charge in [0.05, 0.1) is 15.8 Å². The zero-order valence-electron chi connectivity index (χ0n) is 17.8. The van der Waals surface area contributed by atoms with Crippen molar-refractivity contribution >= 4 is 63.7 Å². The first kappa shape index (κ1) is 23.9. The van der Waals surface area contributed by atoms with Gasteiger partial charge < -0.3 is 14.5 Å². The molecule has 3 heterocycles. The summed E-state index contributed by atoms with van der Waals surface area (Å²) in [6.07, 6.45) is 0. The molecule has 0 N–H and O–H groups in total. The molecule has 0 unspecified atom stereocenters. The van der Waals surface area contributed by atoms with Gasteiger partial charge in [0, 0.05) is 36.9 Å². The lowest BCUT2D eigenvalue weighted by Crippen LogP contribution is -2.49. The maximum atomic E-state index is 13.1. The Kier molecular flexibility index (Phi) is 7.48. The molecule has 0 radical (unpaired) electrons. The summed E-state index contributed by atoms with van der Waals surface area (Å²) in [5.74, 6) is -0.768. The second-order valence-corrected chi connectivity index (χ2v) is 9.87. The Morgan fingerprint density at radius 2 is 1.73 bits per heavy atom. The number of nitrogens with zero attached hydrogens (tertiary/aromatic N) is 4. The first-order chi connectivity index (χ1) is 15.9. The number of rotatable bonds is 6. The van der Waals surface area contributed by atoms with E-state index in [2.05, 4.69) is 10.00 Å². The fourth-order valence-electron chi connectivity index (χ4n) is 3.64. The third-order valence-electron chi connectivity index (χ3n) is 5.28. The molecule has 1 saturated heterocycles. The van der Waals surface area contributed by atoms with Gasteiger partial charge in [0.25, 0.3) is 0 Å². The molecule has 1 aliphatic heterocycles. The van der Waals surface area contributed by atoms with Gasteiger partial charge in [0.15, 0.2) is 5.69 Å². The predicted octanol–water partition coefficient (Wildman–Crippen LogP) is 5.10. The third kappa shape index (κ3) is 5.30. The normalized spacial score (nSPS) is 13.9. The molecule has 1 aromatic carbocycles. The average molecular weight is 528 g/mol. The van der Waals surface area contributed by atoms with Crippen LogP contribution in [0.25, 0.3) is 10.6 Å². The van der Waals surface area contributed by atoms with Gasteiger partial charge in [-0.1, -0.05) is 34.8 Å². The molecule has 4 rings (SSSR count). The number of amides is 1. The Hall–Kier alpha value is -2.26. The Morgan fingerprint density at radius 3 is 2.33 bits per heavy atom. The number of esters is 1. The number of benzene rings is 1. The number of anilines is 1. The zero-order valence-corrected chi connectivity index (χ0v) is 20.8. The highest BCUT2D eigenvalue weighted by molar-refractivity contribution is 7.19. The molecule has 0 spiro atoms. The van der Waals surface area contributed by atoms with Gasteiger partial charge >= 0.3 is 5.97 Å². The fourth-order valence-corrected chi connectivity index (χ4v) is 5.17. The number of piperazine rings is 1. The monoisotopic (exact) mass is 526 g/mol. The molecule has 3 aromatic rings. The van der Waals surface area contributed by atoms with Crippen LogP contribution in [-0.4, -0.2) is 59.3 Å². The first-order valence-electron chi connectivity index (χ1n) is 10.3. The molecule has 0 bridgehead atoms. The van der Waals surface area contributed by atoms with Crippen molar-refractivity contribution in [3.05, 3.63) is 56.5 Å². The van der Waals surface area contributed by atoms with E-state index >= 15 is 0 Å². The Bertz CT molecular complexity index is 1150. The number of carbonyl (C=O) groups is 2. The summed E-state index contributed by atoms with van der Waals surface area (Å²) in [7, 11) is 0. The first-order valence-corrected chi connectivity index (χ1v) is 12.3. The molecule has 2 aromatic heterocycles. The maximum Gasteiger partial charge on any atom is 0.358 e. The molecule has 174 valence electrons. The van der Waals surface area contributed by atoms with Crippen molar-refractivity contribution in [2.24, 2.45) is 0 Å². The van der Waals surface area contributed by atoms with Crippen molar-refractivity contribution in [3.63, 3.8) is 0 Å². The standard InChI is InChI=1S/C22H21Cl3N4O3S/c1-2-32-22(31)21-19(25)20(16-7-8-17(24)33-16)26-29(21)13-18(30)28-11-9-27(10-12-28)15-5-3-14(23)4-6-15/h3-8H,2,9-13H2,1H3. The van der Waals surface area contributed by atoms with E-state index in [0.717, 1.165) is 5.69 Å². The van der Waals surface area contributed by atoms with E-state index in [0.29, 0.717) is 46.1 Å².